The molecule has 4 heteroatoms. The van der Waals surface area contributed by atoms with Gasteiger partial charge >= 0.3 is 0 Å². The van der Waals surface area contributed by atoms with Crippen LogP contribution in [0, 0.1) is 11.8 Å². The van der Waals surface area contributed by atoms with Crippen LogP contribution in [0.15, 0.2) is 10.7 Å². The van der Waals surface area contributed by atoms with Gasteiger partial charge in [0.2, 0.25) is 0 Å². The molecule has 1 aromatic rings. The zero-order valence-electron chi connectivity index (χ0n) is 13.0. The third-order valence-electron chi connectivity index (χ3n) is 4.52. The number of aromatic nitrogens is 2. The molecule has 3 nitrogen and oxygen atoms in total. The molecule has 1 atom stereocenters. The van der Waals surface area contributed by atoms with Gasteiger partial charge in [-0.25, -0.2) is 0 Å². The summed E-state index contributed by atoms with van der Waals surface area (Å²) in [6.07, 6.45) is 8.49. The monoisotopic (exact) mass is 341 g/mol. The molecule has 0 aliphatic heterocycles. The largest absolute Gasteiger partial charge is 0.309 e. The highest BCUT2D eigenvalue weighted by atomic mass is 79.9. The van der Waals surface area contributed by atoms with E-state index >= 15 is 0 Å². The van der Waals surface area contributed by atoms with E-state index in [0.29, 0.717) is 6.04 Å². The molecule has 0 amide bonds. The third kappa shape index (κ3) is 3.64. The van der Waals surface area contributed by atoms with Crippen LogP contribution < -0.4 is 5.32 Å². The van der Waals surface area contributed by atoms with Crippen molar-refractivity contribution in [2.45, 2.75) is 65.5 Å². The summed E-state index contributed by atoms with van der Waals surface area (Å²) in [5.74, 6) is 1.65. The molecule has 1 aliphatic carbocycles. The predicted octanol–water partition coefficient (Wildman–Crippen LogP) is 4.53. The van der Waals surface area contributed by atoms with Gasteiger partial charge in [-0.3, -0.25) is 4.68 Å². The van der Waals surface area contributed by atoms with Crippen molar-refractivity contribution >= 4 is 15.9 Å². The second kappa shape index (κ2) is 7.60. The molecule has 0 spiro atoms. The highest BCUT2D eigenvalue weighted by Crippen LogP contribution is 2.38. The molecule has 0 bridgehead atoms. The Bertz CT molecular complexity index is 408. The molecule has 1 aliphatic rings. The normalized spacial score (nSPS) is 24.8. The Kier molecular flexibility index (Phi) is 6.09. The first-order valence-electron chi connectivity index (χ1n) is 8.11. The van der Waals surface area contributed by atoms with Gasteiger partial charge in [0.25, 0.3) is 0 Å². The number of nitrogens with one attached hydrogen (secondary N) is 1. The summed E-state index contributed by atoms with van der Waals surface area (Å²) < 4.78 is 3.35. The lowest BCUT2D eigenvalue weighted by atomic mass is 9.78. The zero-order valence-corrected chi connectivity index (χ0v) is 14.6. The highest BCUT2D eigenvalue weighted by Gasteiger charge is 2.30. The Labute approximate surface area is 131 Å². The van der Waals surface area contributed by atoms with Crippen molar-refractivity contribution < 1.29 is 0 Å². The maximum atomic E-state index is 4.55. The van der Waals surface area contributed by atoms with Crippen molar-refractivity contribution in [3.63, 3.8) is 0 Å². The van der Waals surface area contributed by atoms with E-state index in [2.05, 4.69) is 51.8 Å². The van der Waals surface area contributed by atoms with Crippen molar-refractivity contribution in [3.8, 4) is 0 Å². The molecule has 114 valence electrons. The summed E-state index contributed by atoms with van der Waals surface area (Å²) >= 11 is 3.71. The van der Waals surface area contributed by atoms with E-state index in [1.807, 2.05) is 6.20 Å². The van der Waals surface area contributed by atoms with Gasteiger partial charge in [-0.2, -0.15) is 5.10 Å². The molecule has 0 radical (unpaired) electrons. The first-order chi connectivity index (χ1) is 9.67. The van der Waals surface area contributed by atoms with E-state index in [4.69, 9.17) is 0 Å². The Balaban J connectivity index is 2.21. The summed E-state index contributed by atoms with van der Waals surface area (Å²) in [5.41, 5.74) is 1.35. The second-order valence-electron chi connectivity index (χ2n) is 6.16. The molecular formula is C16H28BrN3. The molecule has 1 heterocycles. The predicted molar refractivity (Wildman–Crippen MR) is 87.8 cm³/mol. The van der Waals surface area contributed by atoms with Crippen LogP contribution in [0.2, 0.25) is 0 Å². The van der Waals surface area contributed by atoms with Crippen molar-refractivity contribution in [3.05, 3.63) is 16.4 Å². The summed E-state index contributed by atoms with van der Waals surface area (Å²) in [5, 5.41) is 8.27. The van der Waals surface area contributed by atoms with Crippen LogP contribution in [-0.2, 0) is 6.54 Å². The van der Waals surface area contributed by atoms with E-state index in [-0.39, 0.29) is 0 Å². The number of hydrogen-bond donors (Lipinski definition) is 1. The first-order valence-corrected chi connectivity index (χ1v) is 8.91. The molecule has 1 saturated carbocycles. The van der Waals surface area contributed by atoms with Gasteiger partial charge in [0.1, 0.15) is 0 Å². The minimum Gasteiger partial charge on any atom is -0.309 e. The quantitative estimate of drug-likeness (QED) is 0.823. The molecule has 0 aromatic carbocycles. The molecule has 1 unspecified atom stereocenters. The second-order valence-corrected chi connectivity index (χ2v) is 7.01. The molecule has 1 aromatic heterocycles. The number of halogens is 1. The molecule has 1 N–H and O–H groups in total. The van der Waals surface area contributed by atoms with Crippen LogP contribution in [0.1, 0.15) is 64.6 Å². The van der Waals surface area contributed by atoms with Crippen LogP contribution in [0.25, 0.3) is 0 Å². The van der Waals surface area contributed by atoms with Crippen LogP contribution in [0.5, 0.6) is 0 Å². The maximum Gasteiger partial charge on any atom is 0.0698 e. The van der Waals surface area contributed by atoms with Crippen LogP contribution in [-0.4, -0.2) is 16.3 Å². The molecular weight excluding hydrogens is 314 g/mol. The minimum absolute atomic E-state index is 0.441. The van der Waals surface area contributed by atoms with Gasteiger partial charge in [-0.1, -0.05) is 33.6 Å². The van der Waals surface area contributed by atoms with Gasteiger partial charge < -0.3 is 5.32 Å². The molecule has 0 saturated heterocycles. The van der Waals surface area contributed by atoms with Crippen molar-refractivity contribution in [2.75, 3.05) is 6.54 Å². The Morgan fingerprint density at radius 1 is 1.35 bits per heavy atom. The Hall–Kier alpha value is -0.350. The van der Waals surface area contributed by atoms with Crippen molar-refractivity contribution in [1.82, 2.24) is 15.1 Å². The summed E-state index contributed by atoms with van der Waals surface area (Å²) in [6.45, 7) is 8.82. The van der Waals surface area contributed by atoms with Gasteiger partial charge in [-0.05, 0) is 53.6 Å². The first kappa shape index (κ1) is 16.0. The third-order valence-corrected chi connectivity index (χ3v) is 5.13. The average Bonchev–Trinajstić information content (AvgIpc) is 2.79. The van der Waals surface area contributed by atoms with E-state index < -0.39 is 0 Å². The minimum atomic E-state index is 0.441. The molecule has 1 fully saturated rings. The SMILES string of the molecule is CCCn1ncc(Br)c1C(NCC)C1CCC(C)CC1. The lowest BCUT2D eigenvalue weighted by Crippen LogP contribution is -2.32. The van der Waals surface area contributed by atoms with E-state index in [0.717, 1.165) is 35.8 Å². The fourth-order valence-electron chi connectivity index (χ4n) is 3.40. The molecule has 2 rings (SSSR count). The van der Waals surface area contributed by atoms with E-state index in [1.54, 1.807) is 0 Å². The number of hydrogen-bond acceptors (Lipinski definition) is 2. The lowest BCUT2D eigenvalue weighted by molar-refractivity contribution is 0.225. The smallest absolute Gasteiger partial charge is 0.0698 e. The average molecular weight is 342 g/mol. The summed E-state index contributed by atoms with van der Waals surface area (Å²) in [6, 6.07) is 0.441. The Morgan fingerprint density at radius 3 is 2.65 bits per heavy atom. The van der Waals surface area contributed by atoms with E-state index in [1.165, 1.54) is 31.4 Å². The van der Waals surface area contributed by atoms with Crippen molar-refractivity contribution in [2.24, 2.45) is 11.8 Å². The van der Waals surface area contributed by atoms with Gasteiger partial charge in [0.05, 0.1) is 22.4 Å². The summed E-state index contributed by atoms with van der Waals surface area (Å²) in [4.78, 5) is 0. The lowest BCUT2D eigenvalue weighted by Gasteiger charge is -2.33. The summed E-state index contributed by atoms with van der Waals surface area (Å²) in [7, 11) is 0. The van der Waals surface area contributed by atoms with Crippen LogP contribution in [0.4, 0.5) is 0 Å². The topological polar surface area (TPSA) is 29.9 Å². The highest BCUT2D eigenvalue weighted by molar-refractivity contribution is 9.10. The van der Waals surface area contributed by atoms with Gasteiger partial charge in [-0.15, -0.1) is 0 Å². The molecule has 20 heavy (non-hydrogen) atoms. The van der Waals surface area contributed by atoms with Crippen LogP contribution in [0.3, 0.4) is 0 Å². The van der Waals surface area contributed by atoms with Crippen molar-refractivity contribution in [1.29, 1.82) is 0 Å². The number of aryl methyl sites for hydroxylation is 1. The van der Waals surface area contributed by atoms with E-state index in [9.17, 15) is 0 Å². The van der Waals surface area contributed by atoms with Gasteiger partial charge in [0.15, 0.2) is 0 Å². The number of nitrogens with zero attached hydrogens (tertiary/aromatic N) is 2. The zero-order chi connectivity index (χ0) is 14.5. The van der Waals surface area contributed by atoms with Gasteiger partial charge in [0, 0.05) is 6.54 Å². The fourth-order valence-corrected chi connectivity index (χ4v) is 3.94. The maximum absolute atomic E-state index is 4.55. The Morgan fingerprint density at radius 2 is 2.05 bits per heavy atom. The van der Waals surface area contributed by atoms with Crippen LogP contribution >= 0.6 is 15.9 Å². The standard InChI is InChI=1S/C16H28BrN3/c1-4-10-20-16(14(17)11-19-20)15(18-5-2)13-8-6-12(3)7-9-13/h11-13,15,18H,4-10H2,1-3H3. The fraction of sp³-hybridized carbons (Fsp3) is 0.812. The number of rotatable bonds is 6.